The third-order valence-electron chi connectivity index (χ3n) is 1.93. The molecular formula is C9H10N4O. The summed E-state index contributed by atoms with van der Waals surface area (Å²) in [6.07, 6.45) is 1.76. The normalized spacial score (nSPS) is 10.4. The molecule has 0 N–H and O–H groups in total. The number of hydrogen-bond acceptors (Lipinski definition) is 3. The minimum Gasteiger partial charge on any atom is -0.343 e. The first kappa shape index (κ1) is 8.68. The largest absolute Gasteiger partial charge is 0.343 e. The summed E-state index contributed by atoms with van der Waals surface area (Å²) in [7, 11) is 3.38. The summed E-state index contributed by atoms with van der Waals surface area (Å²) in [5.74, 6) is -0.133. The van der Waals surface area contributed by atoms with Crippen molar-refractivity contribution in [3.05, 3.63) is 30.1 Å². The molecule has 0 radical (unpaired) electrons. The molecule has 0 bridgehead atoms. The Morgan fingerprint density at radius 2 is 2.21 bits per heavy atom. The molecule has 2 heterocycles. The molecular weight excluding hydrogens is 180 g/mol. The van der Waals surface area contributed by atoms with Crippen LogP contribution in [0.25, 0.3) is 5.52 Å². The zero-order valence-electron chi connectivity index (χ0n) is 8.01. The fourth-order valence-corrected chi connectivity index (χ4v) is 1.21. The first-order valence-electron chi connectivity index (χ1n) is 4.22. The van der Waals surface area contributed by atoms with Crippen molar-refractivity contribution in [3.63, 3.8) is 0 Å². The van der Waals surface area contributed by atoms with Crippen molar-refractivity contribution >= 4 is 11.4 Å². The van der Waals surface area contributed by atoms with Crippen LogP contribution in [-0.4, -0.2) is 39.7 Å². The van der Waals surface area contributed by atoms with Gasteiger partial charge in [-0.2, -0.15) is 0 Å². The number of pyridine rings is 1. The molecule has 14 heavy (non-hydrogen) atoms. The first-order valence-corrected chi connectivity index (χ1v) is 4.22. The van der Waals surface area contributed by atoms with Crippen LogP contribution in [0.15, 0.2) is 24.4 Å². The maximum atomic E-state index is 11.6. The molecule has 0 saturated heterocycles. The van der Waals surface area contributed by atoms with E-state index in [-0.39, 0.29) is 5.91 Å². The predicted molar refractivity (Wildman–Crippen MR) is 51.0 cm³/mol. The predicted octanol–water partition coefficient (Wildman–Crippen LogP) is 0.431. The zero-order chi connectivity index (χ0) is 10.1. The van der Waals surface area contributed by atoms with Gasteiger partial charge in [0.1, 0.15) is 0 Å². The lowest BCUT2D eigenvalue weighted by Gasteiger charge is -2.06. The number of fused-ring (bicyclic) bond motifs is 1. The van der Waals surface area contributed by atoms with Crippen molar-refractivity contribution < 1.29 is 4.79 Å². The van der Waals surface area contributed by atoms with Gasteiger partial charge in [0.2, 0.25) is 0 Å². The standard InChI is InChI=1S/C9H10N4O/c1-12(2)9(14)8-7-5-3-4-6-13(7)11-10-8/h3-6H,1-2H3. The maximum Gasteiger partial charge on any atom is 0.276 e. The van der Waals surface area contributed by atoms with Crippen molar-refractivity contribution in [2.24, 2.45) is 0 Å². The summed E-state index contributed by atoms with van der Waals surface area (Å²) in [6.45, 7) is 0. The Bertz CT molecular complexity index is 474. The Kier molecular flexibility index (Phi) is 1.92. The van der Waals surface area contributed by atoms with Crippen LogP contribution in [0, 0.1) is 0 Å². The molecule has 2 aromatic rings. The second-order valence-corrected chi connectivity index (χ2v) is 3.17. The molecule has 0 aromatic carbocycles. The van der Waals surface area contributed by atoms with E-state index in [1.807, 2.05) is 18.2 Å². The Morgan fingerprint density at radius 1 is 1.43 bits per heavy atom. The first-order chi connectivity index (χ1) is 6.70. The molecule has 2 aromatic heterocycles. The van der Waals surface area contributed by atoms with Crippen LogP contribution < -0.4 is 0 Å². The summed E-state index contributed by atoms with van der Waals surface area (Å²) in [6, 6.07) is 5.51. The number of amides is 1. The van der Waals surface area contributed by atoms with Gasteiger partial charge in [-0.1, -0.05) is 11.3 Å². The number of rotatable bonds is 1. The van der Waals surface area contributed by atoms with Crippen LogP contribution in [-0.2, 0) is 0 Å². The van der Waals surface area contributed by atoms with Gasteiger partial charge in [0.15, 0.2) is 5.69 Å². The molecule has 0 unspecified atom stereocenters. The van der Waals surface area contributed by atoms with Crippen molar-refractivity contribution in [1.29, 1.82) is 0 Å². The Morgan fingerprint density at radius 3 is 2.93 bits per heavy atom. The van der Waals surface area contributed by atoms with Crippen LogP contribution >= 0.6 is 0 Å². The fourth-order valence-electron chi connectivity index (χ4n) is 1.21. The van der Waals surface area contributed by atoms with E-state index in [4.69, 9.17) is 0 Å². The average Bonchev–Trinajstić information content (AvgIpc) is 2.60. The molecule has 0 saturated carbocycles. The molecule has 0 aliphatic carbocycles. The molecule has 0 spiro atoms. The highest BCUT2D eigenvalue weighted by atomic mass is 16.2. The van der Waals surface area contributed by atoms with Gasteiger partial charge in [0, 0.05) is 20.3 Å². The summed E-state index contributed by atoms with van der Waals surface area (Å²) in [4.78, 5) is 13.1. The molecule has 0 atom stereocenters. The fraction of sp³-hybridized carbons (Fsp3) is 0.222. The molecule has 0 fully saturated rings. The van der Waals surface area contributed by atoms with Gasteiger partial charge in [-0.05, 0) is 12.1 Å². The molecule has 1 amide bonds. The van der Waals surface area contributed by atoms with E-state index in [0.29, 0.717) is 5.69 Å². The number of carbonyl (C=O) groups is 1. The summed E-state index contributed by atoms with van der Waals surface area (Å²) in [5, 5.41) is 7.68. The average molecular weight is 190 g/mol. The molecule has 0 aliphatic heterocycles. The van der Waals surface area contributed by atoms with Gasteiger partial charge < -0.3 is 4.90 Å². The van der Waals surface area contributed by atoms with Crippen LogP contribution in [0.1, 0.15) is 10.5 Å². The summed E-state index contributed by atoms with van der Waals surface area (Å²) in [5.41, 5.74) is 1.11. The number of hydrogen-bond donors (Lipinski definition) is 0. The number of nitrogens with zero attached hydrogens (tertiary/aromatic N) is 4. The number of aromatic nitrogens is 3. The summed E-state index contributed by atoms with van der Waals surface area (Å²) >= 11 is 0. The number of carbonyl (C=O) groups excluding carboxylic acids is 1. The van der Waals surface area contributed by atoms with Crippen LogP contribution in [0.4, 0.5) is 0 Å². The van der Waals surface area contributed by atoms with Gasteiger partial charge in [-0.15, -0.1) is 5.10 Å². The third-order valence-corrected chi connectivity index (χ3v) is 1.93. The quantitative estimate of drug-likeness (QED) is 0.655. The molecule has 0 aliphatic rings. The zero-order valence-corrected chi connectivity index (χ0v) is 8.01. The van der Waals surface area contributed by atoms with E-state index in [9.17, 15) is 4.79 Å². The van der Waals surface area contributed by atoms with Crippen molar-refractivity contribution in [3.8, 4) is 0 Å². The van der Waals surface area contributed by atoms with Gasteiger partial charge in [-0.25, -0.2) is 4.52 Å². The lowest BCUT2D eigenvalue weighted by Crippen LogP contribution is -2.22. The van der Waals surface area contributed by atoms with E-state index in [1.165, 1.54) is 4.90 Å². The highest BCUT2D eigenvalue weighted by Crippen LogP contribution is 2.07. The molecule has 5 nitrogen and oxygen atoms in total. The topological polar surface area (TPSA) is 50.5 Å². The van der Waals surface area contributed by atoms with Crippen molar-refractivity contribution in [2.45, 2.75) is 0 Å². The van der Waals surface area contributed by atoms with Crippen molar-refractivity contribution in [2.75, 3.05) is 14.1 Å². The van der Waals surface area contributed by atoms with E-state index in [1.54, 1.807) is 24.8 Å². The second kappa shape index (κ2) is 3.10. The molecule has 72 valence electrons. The van der Waals surface area contributed by atoms with E-state index >= 15 is 0 Å². The third kappa shape index (κ3) is 1.22. The van der Waals surface area contributed by atoms with Crippen molar-refractivity contribution in [1.82, 2.24) is 19.7 Å². The van der Waals surface area contributed by atoms with Gasteiger partial charge in [-0.3, -0.25) is 4.79 Å². The highest BCUT2D eigenvalue weighted by Gasteiger charge is 2.15. The summed E-state index contributed by atoms with van der Waals surface area (Å²) < 4.78 is 1.58. The maximum absolute atomic E-state index is 11.6. The molecule has 2 rings (SSSR count). The lowest BCUT2D eigenvalue weighted by molar-refractivity contribution is 0.0824. The minimum absolute atomic E-state index is 0.133. The SMILES string of the molecule is CN(C)C(=O)c1nnn2ccccc12. The van der Waals surface area contributed by atoms with Crippen LogP contribution in [0.5, 0.6) is 0 Å². The monoisotopic (exact) mass is 190 g/mol. The van der Waals surface area contributed by atoms with E-state index in [2.05, 4.69) is 10.3 Å². The van der Waals surface area contributed by atoms with Crippen LogP contribution in [0.2, 0.25) is 0 Å². The van der Waals surface area contributed by atoms with Crippen LogP contribution in [0.3, 0.4) is 0 Å². The van der Waals surface area contributed by atoms with E-state index in [0.717, 1.165) is 5.52 Å². The Labute approximate surface area is 80.9 Å². The van der Waals surface area contributed by atoms with Gasteiger partial charge in [0.25, 0.3) is 5.91 Å². The lowest BCUT2D eigenvalue weighted by atomic mass is 10.3. The second-order valence-electron chi connectivity index (χ2n) is 3.17. The van der Waals surface area contributed by atoms with E-state index < -0.39 is 0 Å². The van der Waals surface area contributed by atoms with Gasteiger partial charge in [0.05, 0.1) is 5.52 Å². The Balaban J connectivity index is 2.58. The Hall–Kier alpha value is -1.91. The minimum atomic E-state index is -0.133. The van der Waals surface area contributed by atoms with Gasteiger partial charge >= 0.3 is 0 Å². The highest BCUT2D eigenvalue weighted by molar-refractivity contribution is 5.98. The smallest absolute Gasteiger partial charge is 0.276 e. The molecule has 5 heteroatoms.